The smallest absolute Gasteiger partial charge is 0.198 e. The van der Waals surface area contributed by atoms with Crippen molar-refractivity contribution in [2.24, 2.45) is 0 Å². The number of halogens is 1. The van der Waals surface area contributed by atoms with Gasteiger partial charge >= 0.3 is 0 Å². The number of rotatable bonds is 3. The summed E-state index contributed by atoms with van der Waals surface area (Å²) >= 11 is 2.32. The van der Waals surface area contributed by atoms with Gasteiger partial charge in [-0.15, -0.1) is 0 Å². The summed E-state index contributed by atoms with van der Waals surface area (Å²) in [6.07, 6.45) is 4.21. The fourth-order valence-electron chi connectivity index (χ4n) is 1.52. The first-order valence-electron chi connectivity index (χ1n) is 4.24. The maximum Gasteiger partial charge on any atom is 0.198 e. The lowest BCUT2D eigenvalue weighted by molar-refractivity contribution is -0.166. The van der Waals surface area contributed by atoms with Gasteiger partial charge in [0.2, 0.25) is 0 Å². The minimum atomic E-state index is -0.534. The third kappa shape index (κ3) is 1.75. The normalized spacial score (nSPS) is 20.7. The van der Waals surface area contributed by atoms with E-state index in [1.807, 2.05) is 6.07 Å². The molecule has 1 aromatic heterocycles. The van der Waals surface area contributed by atoms with Gasteiger partial charge in [0.05, 0.1) is 25.7 Å². The van der Waals surface area contributed by atoms with E-state index in [1.54, 1.807) is 12.5 Å². The molecule has 1 aromatic rings. The van der Waals surface area contributed by atoms with Crippen molar-refractivity contribution in [2.45, 2.75) is 12.2 Å². The van der Waals surface area contributed by atoms with E-state index in [2.05, 4.69) is 22.6 Å². The molecule has 0 spiro atoms. The third-order valence-corrected chi connectivity index (χ3v) is 2.68. The Kier molecular flexibility index (Phi) is 2.90. The zero-order chi connectivity index (χ0) is 9.15. The summed E-state index contributed by atoms with van der Waals surface area (Å²) in [5.41, 5.74) is 0.988. The van der Waals surface area contributed by atoms with Gasteiger partial charge in [0.25, 0.3) is 0 Å². The fourth-order valence-corrected chi connectivity index (χ4v) is 2.23. The van der Waals surface area contributed by atoms with Gasteiger partial charge in [0.15, 0.2) is 5.79 Å². The highest BCUT2D eigenvalue weighted by atomic mass is 127. The SMILES string of the molecule is ICCC1(c2ccoc2)OCCO1. The molecule has 0 aromatic carbocycles. The van der Waals surface area contributed by atoms with E-state index in [9.17, 15) is 0 Å². The van der Waals surface area contributed by atoms with Gasteiger partial charge in [0, 0.05) is 16.4 Å². The van der Waals surface area contributed by atoms with E-state index in [0.29, 0.717) is 13.2 Å². The lowest BCUT2D eigenvalue weighted by atomic mass is 10.1. The molecule has 0 aliphatic carbocycles. The molecule has 13 heavy (non-hydrogen) atoms. The monoisotopic (exact) mass is 294 g/mol. The van der Waals surface area contributed by atoms with Crippen molar-refractivity contribution in [3.05, 3.63) is 24.2 Å². The van der Waals surface area contributed by atoms with Crippen LogP contribution >= 0.6 is 22.6 Å². The number of furan rings is 1. The molecular formula is C9H11IO3. The first-order valence-corrected chi connectivity index (χ1v) is 5.76. The van der Waals surface area contributed by atoms with Gasteiger partial charge < -0.3 is 13.9 Å². The Morgan fingerprint density at radius 2 is 2.15 bits per heavy atom. The highest BCUT2D eigenvalue weighted by Gasteiger charge is 2.38. The summed E-state index contributed by atoms with van der Waals surface area (Å²) in [6, 6.07) is 1.90. The van der Waals surface area contributed by atoms with Crippen LogP contribution in [0, 0.1) is 0 Å². The van der Waals surface area contributed by atoms with Crippen molar-refractivity contribution in [1.82, 2.24) is 0 Å². The molecule has 0 saturated carbocycles. The summed E-state index contributed by atoms with van der Waals surface area (Å²) in [4.78, 5) is 0. The second kappa shape index (κ2) is 3.98. The van der Waals surface area contributed by atoms with E-state index in [1.165, 1.54) is 0 Å². The van der Waals surface area contributed by atoms with E-state index >= 15 is 0 Å². The minimum absolute atomic E-state index is 0.534. The quantitative estimate of drug-likeness (QED) is 0.633. The molecule has 0 radical (unpaired) electrons. The number of ether oxygens (including phenoxy) is 2. The molecule has 2 heterocycles. The highest BCUT2D eigenvalue weighted by Crippen LogP contribution is 2.35. The van der Waals surface area contributed by atoms with Crippen molar-refractivity contribution in [3.8, 4) is 0 Å². The van der Waals surface area contributed by atoms with E-state index in [-0.39, 0.29) is 0 Å². The van der Waals surface area contributed by atoms with Crippen molar-refractivity contribution in [3.63, 3.8) is 0 Å². The molecule has 2 rings (SSSR count). The second-order valence-electron chi connectivity index (χ2n) is 2.90. The number of hydrogen-bond acceptors (Lipinski definition) is 3. The molecule has 3 nitrogen and oxygen atoms in total. The van der Waals surface area contributed by atoms with Crippen LogP contribution in [0.5, 0.6) is 0 Å². The van der Waals surface area contributed by atoms with Crippen molar-refractivity contribution >= 4 is 22.6 Å². The van der Waals surface area contributed by atoms with Gasteiger partial charge in [-0.25, -0.2) is 0 Å². The van der Waals surface area contributed by atoms with Gasteiger partial charge in [-0.05, 0) is 6.07 Å². The topological polar surface area (TPSA) is 31.6 Å². The van der Waals surface area contributed by atoms with Crippen LogP contribution in [0.3, 0.4) is 0 Å². The molecule has 0 atom stereocenters. The summed E-state index contributed by atoms with van der Waals surface area (Å²) < 4.78 is 17.3. The molecule has 0 amide bonds. The van der Waals surface area contributed by atoms with Crippen LogP contribution in [0.15, 0.2) is 23.0 Å². The first kappa shape index (κ1) is 9.48. The summed E-state index contributed by atoms with van der Waals surface area (Å²) in [5.74, 6) is -0.534. The Bertz CT molecular complexity index is 252. The predicted molar refractivity (Wildman–Crippen MR) is 55.8 cm³/mol. The molecule has 1 fully saturated rings. The van der Waals surface area contributed by atoms with Crippen LogP contribution in [0.25, 0.3) is 0 Å². The van der Waals surface area contributed by atoms with Crippen LogP contribution < -0.4 is 0 Å². The van der Waals surface area contributed by atoms with Crippen molar-refractivity contribution in [2.75, 3.05) is 17.6 Å². The van der Waals surface area contributed by atoms with Gasteiger partial charge in [-0.1, -0.05) is 22.6 Å². The van der Waals surface area contributed by atoms with Crippen molar-refractivity contribution in [1.29, 1.82) is 0 Å². The van der Waals surface area contributed by atoms with Crippen LogP contribution in [0.1, 0.15) is 12.0 Å². The Morgan fingerprint density at radius 1 is 1.38 bits per heavy atom. The third-order valence-electron chi connectivity index (χ3n) is 2.14. The van der Waals surface area contributed by atoms with Gasteiger partial charge in [-0.2, -0.15) is 0 Å². The Labute approximate surface area is 90.5 Å². The molecule has 72 valence electrons. The molecule has 0 N–H and O–H groups in total. The number of hydrogen-bond donors (Lipinski definition) is 0. The summed E-state index contributed by atoms with van der Waals surface area (Å²) in [6.45, 7) is 1.34. The molecule has 0 unspecified atom stereocenters. The standard InChI is InChI=1S/C9H11IO3/c10-3-2-9(12-5-6-13-9)8-1-4-11-7-8/h1,4,7H,2-3,5-6H2. The van der Waals surface area contributed by atoms with E-state index in [0.717, 1.165) is 16.4 Å². The predicted octanol–water partition coefficient (Wildman–Crippen LogP) is 2.30. The Hall–Kier alpha value is -0.0700. The summed E-state index contributed by atoms with van der Waals surface area (Å²) in [5, 5.41) is 0. The highest BCUT2D eigenvalue weighted by molar-refractivity contribution is 14.1. The first-order chi connectivity index (χ1) is 6.37. The maximum atomic E-state index is 5.64. The Balaban J connectivity index is 2.22. The fraction of sp³-hybridized carbons (Fsp3) is 0.556. The van der Waals surface area contributed by atoms with Crippen LogP contribution in [-0.2, 0) is 15.3 Å². The Morgan fingerprint density at radius 3 is 2.69 bits per heavy atom. The largest absolute Gasteiger partial charge is 0.472 e. The minimum Gasteiger partial charge on any atom is -0.472 e. The summed E-state index contributed by atoms with van der Waals surface area (Å²) in [7, 11) is 0. The average molecular weight is 294 g/mol. The number of alkyl halides is 1. The van der Waals surface area contributed by atoms with E-state index in [4.69, 9.17) is 13.9 Å². The second-order valence-corrected chi connectivity index (χ2v) is 3.98. The molecular weight excluding hydrogens is 283 g/mol. The van der Waals surface area contributed by atoms with Crippen LogP contribution in [0.2, 0.25) is 0 Å². The van der Waals surface area contributed by atoms with Gasteiger partial charge in [0.1, 0.15) is 0 Å². The van der Waals surface area contributed by atoms with Crippen molar-refractivity contribution < 1.29 is 13.9 Å². The van der Waals surface area contributed by atoms with E-state index < -0.39 is 5.79 Å². The maximum absolute atomic E-state index is 5.64. The lowest BCUT2D eigenvalue weighted by Gasteiger charge is -2.24. The van der Waals surface area contributed by atoms with Crippen LogP contribution in [-0.4, -0.2) is 17.6 Å². The molecule has 1 saturated heterocycles. The molecule has 0 bridgehead atoms. The molecule has 1 aliphatic heterocycles. The zero-order valence-corrected chi connectivity index (χ0v) is 9.32. The zero-order valence-electron chi connectivity index (χ0n) is 7.16. The van der Waals surface area contributed by atoms with Gasteiger partial charge in [-0.3, -0.25) is 0 Å². The molecule has 1 aliphatic rings. The average Bonchev–Trinajstić information content (AvgIpc) is 2.73. The lowest BCUT2D eigenvalue weighted by Crippen LogP contribution is -2.26. The van der Waals surface area contributed by atoms with Crippen LogP contribution in [0.4, 0.5) is 0 Å². The molecule has 4 heteroatoms.